The zero-order valence-corrected chi connectivity index (χ0v) is 20.8. The van der Waals surface area contributed by atoms with E-state index in [0.717, 1.165) is 18.8 Å². The van der Waals surface area contributed by atoms with Gasteiger partial charge in [-0.2, -0.15) is 0 Å². The van der Waals surface area contributed by atoms with Crippen LogP contribution in [0.25, 0.3) is 0 Å². The predicted octanol–water partition coefficient (Wildman–Crippen LogP) is 10.6. The molecule has 0 saturated carbocycles. The molecule has 29 heavy (non-hydrogen) atoms. The van der Waals surface area contributed by atoms with E-state index in [1.165, 1.54) is 135 Å². The average Bonchev–Trinajstić information content (AvgIpc) is 2.73. The minimum atomic E-state index is 1.02. The molecule has 0 bridgehead atoms. The third-order valence-electron chi connectivity index (χ3n) is 6.38. The molecule has 0 aromatic carbocycles. The standard InChI is InChI=1S/C29H56/c1-4-7-10-12-13-14-15-16-17-18-19-20-21-23-25-28-29(26-9-6-3)27-24-22-11-8-5-2/h29H,4-15,18-28H2,1-3H3. The van der Waals surface area contributed by atoms with E-state index in [4.69, 9.17) is 0 Å². The summed E-state index contributed by atoms with van der Waals surface area (Å²) >= 11 is 0. The van der Waals surface area contributed by atoms with Gasteiger partial charge in [0.25, 0.3) is 0 Å². The van der Waals surface area contributed by atoms with Crippen LogP contribution in [-0.4, -0.2) is 0 Å². The third kappa shape index (κ3) is 23.7. The van der Waals surface area contributed by atoms with Gasteiger partial charge in [0.15, 0.2) is 0 Å². The van der Waals surface area contributed by atoms with Crippen LogP contribution >= 0.6 is 0 Å². The molecule has 0 aliphatic heterocycles. The second-order valence-corrected chi connectivity index (χ2v) is 9.39. The summed E-state index contributed by atoms with van der Waals surface area (Å²) in [6.45, 7) is 6.94. The maximum atomic E-state index is 3.41. The smallest absolute Gasteiger partial charge is 0.00886 e. The van der Waals surface area contributed by atoms with Gasteiger partial charge in [-0.05, 0) is 18.8 Å². The van der Waals surface area contributed by atoms with E-state index in [1.54, 1.807) is 0 Å². The van der Waals surface area contributed by atoms with Crippen molar-refractivity contribution in [3.8, 4) is 11.8 Å². The summed E-state index contributed by atoms with van der Waals surface area (Å²) in [5, 5.41) is 0. The quantitative estimate of drug-likeness (QED) is 0.124. The van der Waals surface area contributed by atoms with E-state index in [1.807, 2.05) is 0 Å². The van der Waals surface area contributed by atoms with Crippen molar-refractivity contribution in [2.45, 2.75) is 168 Å². The molecule has 0 saturated heterocycles. The highest BCUT2D eigenvalue weighted by Crippen LogP contribution is 2.23. The van der Waals surface area contributed by atoms with Crippen LogP contribution in [0.5, 0.6) is 0 Å². The Hall–Kier alpha value is -0.440. The predicted molar refractivity (Wildman–Crippen MR) is 134 cm³/mol. The van der Waals surface area contributed by atoms with Gasteiger partial charge in [-0.3, -0.25) is 0 Å². The van der Waals surface area contributed by atoms with Gasteiger partial charge < -0.3 is 0 Å². The first-order chi connectivity index (χ1) is 14.3. The fourth-order valence-electron chi connectivity index (χ4n) is 4.31. The maximum Gasteiger partial charge on any atom is 0.00886 e. The van der Waals surface area contributed by atoms with Crippen molar-refractivity contribution in [2.75, 3.05) is 0 Å². The van der Waals surface area contributed by atoms with Crippen molar-refractivity contribution in [3.05, 3.63) is 0 Å². The van der Waals surface area contributed by atoms with Gasteiger partial charge in [0.1, 0.15) is 0 Å². The lowest BCUT2D eigenvalue weighted by molar-refractivity contribution is 0.371. The lowest BCUT2D eigenvalue weighted by Crippen LogP contribution is -2.01. The van der Waals surface area contributed by atoms with Crippen molar-refractivity contribution in [1.82, 2.24) is 0 Å². The molecule has 0 fully saturated rings. The van der Waals surface area contributed by atoms with Crippen molar-refractivity contribution in [3.63, 3.8) is 0 Å². The van der Waals surface area contributed by atoms with E-state index in [0.29, 0.717) is 0 Å². The zero-order chi connectivity index (χ0) is 21.3. The molecule has 1 atom stereocenters. The first-order valence-electron chi connectivity index (χ1n) is 13.8. The average molecular weight is 405 g/mol. The molecule has 0 nitrogen and oxygen atoms in total. The summed E-state index contributed by atoms with van der Waals surface area (Å²) in [7, 11) is 0. The number of rotatable bonds is 22. The third-order valence-corrected chi connectivity index (χ3v) is 6.38. The van der Waals surface area contributed by atoms with Gasteiger partial charge in [-0.25, -0.2) is 0 Å². The van der Waals surface area contributed by atoms with Crippen molar-refractivity contribution >= 4 is 0 Å². The molecule has 0 radical (unpaired) electrons. The number of hydrogen-bond donors (Lipinski definition) is 0. The fourth-order valence-corrected chi connectivity index (χ4v) is 4.31. The molecule has 0 aromatic heterocycles. The van der Waals surface area contributed by atoms with Gasteiger partial charge in [-0.15, -0.1) is 11.8 Å². The zero-order valence-electron chi connectivity index (χ0n) is 20.8. The Bertz CT molecular complexity index is 345. The van der Waals surface area contributed by atoms with Crippen LogP contribution in [0, 0.1) is 17.8 Å². The van der Waals surface area contributed by atoms with Crippen LogP contribution in [0.4, 0.5) is 0 Å². The molecule has 0 aromatic rings. The van der Waals surface area contributed by atoms with Gasteiger partial charge in [0, 0.05) is 12.8 Å². The Morgan fingerprint density at radius 1 is 0.379 bits per heavy atom. The molecule has 0 N–H and O–H groups in total. The summed E-state index contributed by atoms with van der Waals surface area (Å²) in [6, 6.07) is 0. The Morgan fingerprint density at radius 2 is 0.724 bits per heavy atom. The molecule has 0 spiro atoms. The minimum Gasteiger partial charge on any atom is -0.103 e. The van der Waals surface area contributed by atoms with Crippen LogP contribution in [0.3, 0.4) is 0 Å². The largest absolute Gasteiger partial charge is 0.103 e. The van der Waals surface area contributed by atoms with E-state index in [9.17, 15) is 0 Å². The highest BCUT2D eigenvalue weighted by atomic mass is 14.1. The minimum absolute atomic E-state index is 1.02. The van der Waals surface area contributed by atoms with Gasteiger partial charge in [0.05, 0.1) is 0 Å². The van der Waals surface area contributed by atoms with Crippen LogP contribution in [0.2, 0.25) is 0 Å². The van der Waals surface area contributed by atoms with E-state index in [-0.39, 0.29) is 0 Å². The van der Waals surface area contributed by atoms with Gasteiger partial charge in [0.2, 0.25) is 0 Å². The van der Waals surface area contributed by atoms with Crippen LogP contribution in [0.1, 0.15) is 168 Å². The summed E-state index contributed by atoms with van der Waals surface area (Å²) in [4.78, 5) is 0. The van der Waals surface area contributed by atoms with E-state index in [2.05, 4.69) is 32.6 Å². The van der Waals surface area contributed by atoms with Gasteiger partial charge >= 0.3 is 0 Å². The highest BCUT2D eigenvalue weighted by Gasteiger charge is 2.08. The Labute approximate surface area is 186 Å². The molecule has 172 valence electrons. The lowest BCUT2D eigenvalue weighted by atomic mass is 9.90. The summed E-state index contributed by atoms with van der Waals surface area (Å²) in [5.41, 5.74) is 0. The molecular formula is C29H56. The monoisotopic (exact) mass is 404 g/mol. The summed E-state index contributed by atoms with van der Waals surface area (Å²) in [5.74, 6) is 7.82. The molecule has 0 aliphatic carbocycles. The molecule has 0 heteroatoms. The molecular weight excluding hydrogens is 348 g/mol. The second-order valence-electron chi connectivity index (χ2n) is 9.39. The van der Waals surface area contributed by atoms with Crippen LogP contribution < -0.4 is 0 Å². The Balaban J connectivity index is 3.51. The van der Waals surface area contributed by atoms with E-state index >= 15 is 0 Å². The Kier molecular flexibility index (Phi) is 25.2. The summed E-state index contributed by atoms with van der Waals surface area (Å²) < 4.78 is 0. The Morgan fingerprint density at radius 3 is 1.17 bits per heavy atom. The molecule has 1 unspecified atom stereocenters. The molecule has 0 aliphatic rings. The van der Waals surface area contributed by atoms with Crippen molar-refractivity contribution in [2.24, 2.45) is 5.92 Å². The van der Waals surface area contributed by atoms with Crippen LogP contribution in [0.15, 0.2) is 0 Å². The van der Waals surface area contributed by atoms with Gasteiger partial charge in [-0.1, -0.05) is 143 Å². The SMILES string of the molecule is CCCCCCCCC#CCCCCCCCC(CCCC)CCCCCCC. The second kappa shape index (κ2) is 25.6. The first kappa shape index (κ1) is 28.6. The van der Waals surface area contributed by atoms with Crippen molar-refractivity contribution in [1.29, 1.82) is 0 Å². The highest BCUT2D eigenvalue weighted by molar-refractivity contribution is 4.98. The molecule has 0 rings (SSSR count). The first-order valence-corrected chi connectivity index (χ1v) is 13.8. The van der Waals surface area contributed by atoms with Crippen molar-refractivity contribution < 1.29 is 0 Å². The van der Waals surface area contributed by atoms with E-state index < -0.39 is 0 Å². The molecule has 0 heterocycles. The normalized spacial score (nSPS) is 12.0. The maximum absolute atomic E-state index is 3.41. The number of hydrogen-bond acceptors (Lipinski definition) is 0. The topological polar surface area (TPSA) is 0 Å². The number of unbranched alkanes of at least 4 members (excludes halogenated alkanes) is 16. The fraction of sp³-hybridized carbons (Fsp3) is 0.931. The summed E-state index contributed by atoms with van der Waals surface area (Å²) in [6.07, 6.45) is 32.1. The lowest BCUT2D eigenvalue weighted by Gasteiger charge is -2.16. The van der Waals surface area contributed by atoms with Crippen LogP contribution in [-0.2, 0) is 0 Å². The molecule has 0 amide bonds.